The van der Waals surface area contributed by atoms with E-state index in [0.29, 0.717) is 5.69 Å². The molecule has 1 aromatic heterocycles. The average Bonchev–Trinajstić information content (AvgIpc) is 2.37. The molecule has 0 atom stereocenters. The highest BCUT2D eigenvalue weighted by Gasteiger charge is 1.90. The summed E-state index contributed by atoms with van der Waals surface area (Å²) in [7, 11) is 0. The third kappa shape index (κ3) is 1.17. The van der Waals surface area contributed by atoms with Crippen LogP contribution in [0.1, 0.15) is 11.4 Å². The van der Waals surface area contributed by atoms with E-state index in [1.54, 1.807) is 18.2 Å². The molecule has 0 aliphatic heterocycles. The largest absolute Gasteiger partial charge is 0.405 e. The van der Waals surface area contributed by atoms with E-state index >= 15 is 0 Å². The van der Waals surface area contributed by atoms with Crippen LogP contribution in [0.4, 0.5) is 0 Å². The van der Waals surface area contributed by atoms with Crippen molar-refractivity contribution in [1.29, 1.82) is 5.26 Å². The van der Waals surface area contributed by atoms with Crippen LogP contribution < -0.4 is 5.73 Å². The van der Waals surface area contributed by atoms with Crippen LogP contribution in [0.5, 0.6) is 0 Å². The van der Waals surface area contributed by atoms with Crippen molar-refractivity contribution in [1.82, 2.24) is 4.98 Å². The van der Waals surface area contributed by atoms with Crippen molar-refractivity contribution in [3.63, 3.8) is 0 Å². The summed E-state index contributed by atoms with van der Waals surface area (Å²) in [6.45, 7) is 0. The van der Waals surface area contributed by atoms with Crippen molar-refractivity contribution in [2.24, 2.45) is 5.73 Å². The summed E-state index contributed by atoms with van der Waals surface area (Å²) in [5.74, 6) is 0. The minimum atomic E-state index is 0.549. The Hall–Kier alpha value is -1.69. The Labute approximate surface area is 58.8 Å². The Balaban J connectivity index is 2.91. The van der Waals surface area contributed by atoms with Gasteiger partial charge in [0.1, 0.15) is 11.8 Å². The molecule has 0 saturated carbocycles. The number of aromatic amines is 1. The zero-order valence-electron chi connectivity index (χ0n) is 5.33. The zero-order chi connectivity index (χ0) is 7.40. The van der Waals surface area contributed by atoms with Crippen LogP contribution in [0.2, 0.25) is 0 Å². The summed E-state index contributed by atoms with van der Waals surface area (Å²) in [4.78, 5) is 2.84. The van der Waals surface area contributed by atoms with Crippen LogP contribution in [-0.4, -0.2) is 4.98 Å². The van der Waals surface area contributed by atoms with Crippen LogP contribution in [0, 0.1) is 11.3 Å². The predicted octanol–water partition coefficient (Wildman–Crippen LogP) is 0.816. The lowest BCUT2D eigenvalue weighted by Crippen LogP contribution is -1.77. The van der Waals surface area contributed by atoms with E-state index in [9.17, 15) is 0 Å². The fourth-order valence-corrected chi connectivity index (χ4v) is 0.678. The Morgan fingerprint density at radius 3 is 2.90 bits per heavy atom. The van der Waals surface area contributed by atoms with E-state index in [4.69, 9.17) is 11.0 Å². The summed E-state index contributed by atoms with van der Waals surface area (Å²) in [6.07, 6.45) is 3.12. The van der Waals surface area contributed by atoms with Crippen molar-refractivity contribution in [3.05, 3.63) is 29.7 Å². The Morgan fingerprint density at radius 2 is 2.40 bits per heavy atom. The van der Waals surface area contributed by atoms with E-state index in [-0.39, 0.29) is 0 Å². The van der Waals surface area contributed by atoms with Gasteiger partial charge in [0, 0.05) is 5.69 Å². The smallest absolute Gasteiger partial charge is 0.118 e. The first-order valence-corrected chi connectivity index (χ1v) is 2.84. The molecule has 3 nitrogen and oxygen atoms in total. The molecule has 1 heterocycles. The molecule has 0 spiro atoms. The molecule has 0 bridgehead atoms. The molecule has 0 amide bonds. The number of hydrogen-bond acceptors (Lipinski definition) is 2. The fraction of sp³-hybridized carbons (Fsp3) is 0. The van der Waals surface area contributed by atoms with Crippen molar-refractivity contribution in [2.45, 2.75) is 0 Å². The molecule has 1 aromatic rings. The first-order valence-electron chi connectivity index (χ1n) is 2.84. The average molecular weight is 133 g/mol. The van der Waals surface area contributed by atoms with Gasteiger partial charge in [0.25, 0.3) is 0 Å². The van der Waals surface area contributed by atoms with Gasteiger partial charge in [0.05, 0.1) is 0 Å². The first kappa shape index (κ1) is 6.43. The molecule has 0 aromatic carbocycles. The van der Waals surface area contributed by atoms with Gasteiger partial charge in [-0.15, -0.1) is 0 Å². The SMILES string of the molecule is N#Cc1ccc(C=CN)[nH]1. The molecule has 3 heteroatoms. The van der Waals surface area contributed by atoms with Gasteiger partial charge in [-0.2, -0.15) is 5.26 Å². The predicted molar refractivity (Wildman–Crippen MR) is 38.7 cm³/mol. The van der Waals surface area contributed by atoms with Gasteiger partial charge in [-0.3, -0.25) is 0 Å². The number of nitriles is 1. The molecule has 0 saturated heterocycles. The van der Waals surface area contributed by atoms with Gasteiger partial charge >= 0.3 is 0 Å². The van der Waals surface area contributed by atoms with Crippen LogP contribution in [0.25, 0.3) is 6.08 Å². The monoisotopic (exact) mass is 133 g/mol. The lowest BCUT2D eigenvalue weighted by atomic mass is 10.4. The zero-order valence-corrected chi connectivity index (χ0v) is 5.33. The van der Waals surface area contributed by atoms with Gasteiger partial charge in [-0.25, -0.2) is 0 Å². The van der Waals surface area contributed by atoms with Gasteiger partial charge in [0.15, 0.2) is 0 Å². The summed E-state index contributed by atoms with van der Waals surface area (Å²) in [5.41, 5.74) is 6.52. The topological polar surface area (TPSA) is 65.6 Å². The van der Waals surface area contributed by atoms with Gasteiger partial charge in [0.2, 0.25) is 0 Å². The molecule has 10 heavy (non-hydrogen) atoms. The Bertz CT molecular complexity index is 277. The van der Waals surface area contributed by atoms with Crippen molar-refractivity contribution in [2.75, 3.05) is 0 Å². The van der Waals surface area contributed by atoms with Crippen molar-refractivity contribution in [3.8, 4) is 6.07 Å². The summed E-state index contributed by atoms with van der Waals surface area (Å²) < 4.78 is 0. The highest BCUT2D eigenvalue weighted by molar-refractivity contribution is 5.46. The molecule has 50 valence electrons. The number of rotatable bonds is 1. The molecule has 1 rings (SSSR count). The molecule has 0 unspecified atom stereocenters. The molecule has 0 fully saturated rings. The number of nitrogens with two attached hydrogens (primary N) is 1. The van der Waals surface area contributed by atoms with E-state index in [2.05, 4.69) is 4.98 Å². The number of nitrogens with zero attached hydrogens (tertiary/aromatic N) is 1. The summed E-state index contributed by atoms with van der Waals surface area (Å²) in [5, 5.41) is 8.38. The second-order valence-electron chi connectivity index (χ2n) is 1.80. The lowest BCUT2D eigenvalue weighted by molar-refractivity contribution is 1.31. The number of aromatic nitrogens is 1. The standard InChI is InChI=1S/C7H7N3/c8-4-3-6-1-2-7(5-9)10-6/h1-4,10H,8H2. The van der Waals surface area contributed by atoms with Crippen LogP contribution in [-0.2, 0) is 0 Å². The maximum Gasteiger partial charge on any atom is 0.118 e. The van der Waals surface area contributed by atoms with Crippen molar-refractivity contribution >= 4 is 6.08 Å². The van der Waals surface area contributed by atoms with E-state index in [1.807, 2.05) is 6.07 Å². The molecule has 3 N–H and O–H groups in total. The van der Waals surface area contributed by atoms with E-state index < -0.39 is 0 Å². The number of nitrogens with one attached hydrogen (secondary N) is 1. The maximum absolute atomic E-state index is 8.38. The van der Waals surface area contributed by atoms with Crippen LogP contribution in [0.15, 0.2) is 18.3 Å². The highest BCUT2D eigenvalue weighted by atomic mass is 14.7. The first-order chi connectivity index (χ1) is 4.86. The quantitative estimate of drug-likeness (QED) is 0.595. The summed E-state index contributed by atoms with van der Waals surface area (Å²) in [6, 6.07) is 5.47. The second-order valence-corrected chi connectivity index (χ2v) is 1.80. The van der Waals surface area contributed by atoms with Gasteiger partial charge in [-0.1, -0.05) is 0 Å². The van der Waals surface area contributed by atoms with Crippen LogP contribution in [0.3, 0.4) is 0 Å². The minimum Gasteiger partial charge on any atom is -0.405 e. The molecular weight excluding hydrogens is 126 g/mol. The van der Waals surface area contributed by atoms with Gasteiger partial charge < -0.3 is 10.7 Å². The molecule has 0 aliphatic carbocycles. The van der Waals surface area contributed by atoms with Crippen molar-refractivity contribution < 1.29 is 0 Å². The third-order valence-electron chi connectivity index (χ3n) is 1.10. The summed E-state index contributed by atoms with van der Waals surface area (Å²) >= 11 is 0. The molecular formula is C7H7N3. The number of H-pyrrole nitrogens is 1. The lowest BCUT2D eigenvalue weighted by Gasteiger charge is -1.80. The Kier molecular flexibility index (Phi) is 1.76. The van der Waals surface area contributed by atoms with E-state index in [1.165, 1.54) is 6.20 Å². The third-order valence-corrected chi connectivity index (χ3v) is 1.10. The molecule has 0 aliphatic rings. The normalized spacial score (nSPS) is 9.90. The van der Waals surface area contributed by atoms with E-state index in [0.717, 1.165) is 5.69 Å². The molecule has 0 radical (unpaired) electrons. The van der Waals surface area contributed by atoms with Crippen LogP contribution >= 0.6 is 0 Å². The highest BCUT2D eigenvalue weighted by Crippen LogP contribution is 2.00. The minimum absolute atomic E-state index is 0.549. The maximum atomic E-state index is 8.38. The van der Waals surface area contributed by atoms with Gasteiger partial charge in [-0.05, 0) is 24.4 Å². The Morgan fingerprint density at radius 1 is 1.60 bits per heavy atom. The number of hydrogen-bond donors (Lipinski definition) is 2. The second kappa shape index (κ2) is 2.74. The fourth-order valence-electron chi connectivity index (χ4n) is 0.678.